The molecule has 7 heteroatoms. The first kappa shape index (κ1) is 21.3. The first-order chi connectivity index (χ1) is 15.1. The molecule has 0 radical (unpaired) electrons. The van der Waals surface area contributed by atoms with Crippen LogP contribution in [0.5, 0.6) is 0 Å². The van der Waals surface area contributed by atoms with Gasteiger partial charge in [0.1, 0.15) is 5.82 Å². The number of piperidine rings is 1. The normalized spacial score (nSPS) is 18.1. The second-order valence-corrected chi connectivity index (χ2v) is 8.32. The molecule has 0 bridgehead atoms. The van der Waals surface area contributed by atoms with Crippen LogP contribution in [-0.4, -0.2) is 66.1 Å². The van der Waals surface area contributed by atoms with Crippen molar-refractivity contribution in [2.24, 2.45) is 0 Å². The third-order valence-corrected chi connectivity index (χ3v) is 6.49. The van der Waals surface area contributed by atoms with Crippen molar-refractivity contribution in [3.05, 3.63) is 59.8 Å². The number of pyridine rings is 1. The number of carbonyl (C=O) groups excluding carboxylic acids is 2. The summed E-state index contributed by atoms with van der Waals surface area (Å²) >= 11 is 0. The molecule has 0 spiro atoms. The molecule has 2 aliphatic heterocycles. The zero-order valence-electron chi connectivity index (χ0n) is 17.8. The Hall–Kier alpha value is -2.93. The van der Waals surface area contributed by atoms with Crippen molar-refractivity contribution in [1.82, 2.24) is 15.2 Å². The summed E-state index contributed by atoms with van der Waals surface area (Å²) in [4.78, 5) is 34.2. The van der Waals surface area contributed by atoms with Gasteiger partial charge in [-0.3, -0.25) is 9.59 Å². The number of hydrogen-bond donors (Lipinski definition) is 2. The number of likely N-dealkylation sites (tertiary alicyclic amines) is 1. The molecule has 7 nitrogen and oxygen atoms in total. The Bertz CT molecular complexity index is 887. The highest BCUT2D eigenvalue weighted by atomic mass is 16.3. The van der Waals surface area contributed by atoms with E-state index in [2.05, 4.69) is 15.2 Å². The van der Waals surface area contributed by atoms with Gasteiger partial charge in [-0.25, -0.2) is 4.98 Å². The Balaban J connectivity index is 1.46. The predicted molar refractivity (Wildman–Crippen MR) is 119 cm³/mol. The topological polar surface area (TPSA) is 85.8 Å². The van der Waals surface area contributed by atoms with Gasteiger partial charge in [-0.15, -0.1) is 0 Å². The van der Waals surface area contributed by atoms with Gasteiger partial charge in [0.2, 0.25) is 5.91 Å². The fraction of sp³-hybridized carbons (Fsp3) is 0.458. The van der Waals surface area contributed by atoms with E-state index in [1.165, 1.54) is 0 Å². The highest BCUT2D eigenvalue weighted by molar-refractivity contribution is 5.94. The van der Waals surface area contributed by atoms with Crippen molar-refractivity contribution >= 4 is 17.6 Å². The van der Waals surface area contributed by atoms with Gasteiger partial charge in [0.15, 0.2) is 0 Å². The van der Waals surface area contributed by atoms with Crippen LogP contribution in [0.25, 0.3) is 0 Å². The minimum Gasteiger partial charge on any atom is -0.395 e. The smallest absolute Gasteiger partial charge is 0.255 e. The molecular formula is C24H30N4O3. The highest BCUT2D eigenvalue weighted by Crippen LogP contribution is 2.37. The monoisotopic (exact) mass is 422 g/mol. The van der Waals surface area contributed by atoms with Crippen LogP contribution in [0, 0.1) is 0 Å². The molecule has 4 rings (SSSR count). The van der Waals surface area contributed by atoms with Crippen molar-refractivity contribution < 1.29 is 14.7 Å². The summed E-state index contributed by atoms with van der Waals surface area (Å²) in [6.45, 7) is 3.21. The summed E-state index contributed by atoms with van der Waals surface area (Å²) in [7, 11) is 0. The van der Waals surface area contributed by atoms with Crippen molar-refractivity contribution in [2.75, 3.05) is 44.2 Å². The Morgan fingerprint density at radius 3 is 2.32 bits per heavy atom. The number of amides is 2. The number of rotatable bonds is 6. The Morgan fingerprint density at radius 1 is 1.00 bits per heavy atom. The van der Waals surface area contributed by atoms with Gasteiger partial charge in [-0.05, 0) is 43.4 Å². The van der Waals surface area contributed by atoms with E-state index < -0.39 is 5.41 Å². The lowest BCUT2D eigenvalue weighted by Crippen LogP contribution is -2.52. The van der Waals surface area contributed by atoms with Gasteiger partial charge in [0.05, 0.1) is 17.6 Å². The molecule has 2 aromatic rings. The fourth-order valence-corrected chi connectivity index (χ4v) is 4.66. The number of aromatic nitrogens is 1. The largest absolute Gasteiger partial charge is 0.395 e. The van der Waals surface area contributed by atoms with Crippen LogP contribution in [0.15, 0.2) is 48.7 Å². The highest BCUT2D eigenvalue weighted by Gasteiger charge is 2.42. The predicted octanol–water partition coefficient (Wildman–Crippen LogP) is 1.96. The van der Waals surface area contributed by atoms with Crippen LogP contribution >= 0.6 is 0 Å². The van der Waals surface area contributed by atoms with Gasteiger partial charge < -0.3 is 20.2 Å². The maximum atomic E-state index is 13.1. The summed E-state index contributed by atoms with van der Waals surface area (Å²) in [5.74, 6) is 0.848. The molecule has 2 saturated heterocycles. The molecule has 2 amide bonds. The van der Waals surface area contributed by atoms with E-state index in [4.69, 9.17) is 5.11 Å². The molecule has 0 aliphatic carbocycles. The van der Waals surface area contributed by atoms with E-state index in [0.29, 0.717) is 31.5 Å². The van der Waals surface area contributed by atoms with E-state index in [0.717, 1.165) is 37.3 Å². The van der Waals surface area contributed by atoms with Crippen LogP contribution in [-0.2, 0) is 10.2 Å². The SMILES string of the molecule is O=C(c1ccc(N2CCC(C(=O)NCCO)(c3ccccc3)CC2)nc1)N1CCCC1. The number of nitrogens with one attached hydrogen (secondary N) is 1. The number of aliphatic hydroxyl groups is 1. The molecule has 0 unspecified atom stereocenters. The van der Waals surface area contributed by atoms with Crippen LogP contribution in [0.2, 0.25) is 0 Å². The average molecular weight is 423 g/mol. The summed E-state index contributed by atoms with van der Waals surface area (Å²) in [6.07, 6.45) is 5.12. The van der Waals surface area contributed by atoms with Crippen molar-refractivity contribution in [3.63, 3.8) is 0 Å². The lowest BCUT2D eigenvalue weighted by atomic mass is 9.72. The summed E-state index contributed by atoms with van der Waals surface area (Å²) in [6, 6.07) is 13.6. The lowest BCUT2D eigenvalue weighted by Gasteiger charge is -2.41. The summed E-state index contributed by atoms with van der Waals surface area (Å²) < 4.78 is 0. The molecule has 164 valence electrons. The van der Waals surface area contributed by atoms with Crippen LogP contribution in [0.4, 0.5) is 5.82 Å². The average Bonchev–Trinajstić information content (AvgIpc) is 3.38. The summed E-state index contributed by atoms with van der Waals surface area (Å²) in [5.41, 5.74) is 1.02. The number of aliphatic hydroxyl groups excluding tert-OH is 1. The van der Waals surface area contributed by atoms with Gasteiger partial charge in [-0.1, -0.05) is 30.3 Å². The molecular weight excluding hydrogens is 392 g/mol. The Labute approximate surface area is 183 Å². The van der Waals surface area contributed by atoms with Crippen molar-refractivity contribution in [1.29, 1.82) is 0 Å². The second kappa shape index (κ2) is 9.47. The van der Waals surface area contributed by atoms with Gasteiger partial charge in [0, 0.05) is 38.9 Å². The molecule has 1 aromatic carbocycles. The van der Waals surface area contributed by atoms with E-state index in [1.54, 1.807) is 6.20 Å². The fourth-order valence-electron chi connectivity index (χ4n) is 4.66. The molecule has 0 saturated carbocycles. The van der Waals surface area contributed by atoms with Crippen LogP contribution in [0.1, 0.15) is 41.6 Å². The maximum absolute atomic E-state index is 13.1. The molecule has 2 N–H and O–H groups in total. The minimum atomic E-state index is -0.613. The third kappa shape index (κ3) is 4.42. The Kier molecular flexibility index (Phi) is 6.51. The Morgan fingerprint density at radius 2 is 1.71 bits per heavy atom. The zero-order valence-corrected chi connectivity index (χ0v) is 17.8. The number of carbonyl (C=O) groups is 2. The standard InChI is InChI=1S/C24H30N4O3/c29-17-12-25-23(31)24(20-6-2-1-3-7-20)10-15-27(16-11-24)21-9-8-19(18-26-21)22(30)28-13-4-5-14-28/h1-3,6-9,18,29H,4-5,10-17H2,(H,25,31). The molecule has 0 atom stereocenters. The number of benzene rings is 1. The van der Waals surface area contributed by atoms with Crippen LogP contribution < -0.4 is 10.2 Å². The van der Waals surface area contributed by atoms with Gasteiger partial charge >= 0.3 is 0 Å². The first-order valence-electron chi connectivity index (χ1n) is 11.1. The number of nitrogens with zero attached hydrogens (tertiary/aromatic N) is 3. The minimum absolute atomic E-state index is 0.0353. The zero-order chi connectivity index (χ0) is 21.7. The quantitative estimate of drug-likeness (QED) is 0.743. The van der Waals surface area contributed by atoms with Crippen molar-refractivity contribution in [3.8, 4) is 0 Å². The summed E-state index contributed by atoms with van der Waals surface area (Å²) in [5, 5.41) is 12.0. The van der Waals surface area contributed by atoms with E-state index in [9.17, 15) is 9.59 Å². The van der Waals surface area contributed by atoms with Crippen LogP contribution in [0.3, 0.4) is 0 Å². The van der Waals surface area contributed by atoms with Gasteiger partial charge in [0.25, 0.3) is 5.91 Å². The number of hydrogen-bond acceptors (Lipinski definition) is 5. The lowest BCUT2D eigenvalue weighted by molar-refractivity contribution is -0.127. The molecule has 31 heavy (non-hydrogen) atoms. The van der Waals surface area contributed by atoms with E-state index in [-0.39, 0.29) is 25.0 Å². The third-order valence-electron chi connectivity index (χ3n) is 6.49. The molecule has 1 aromatic heterocycles. The van der Waals surface area contributed by atoms with Gasteiger partial charge in [-0.2, -0.15) is 0 Å². The van der Waals surface area contributed by atoms with E-state index >= 15 is 0 Å². The molecule has 3 heterocycles. The molecule has 2 aliphatic rings. The maximum Gasteiger partial charge on any atom is 0.255 e. The molecule has 2 fully saturated rings. The second-order valence-electron chi connectivity index (χ2n) is 8.32. The first-order valence-corrected chi connectivity index (χ1v) is 11.1. The van der Waals surface area contributed by atoms with E-state index in [1.807, 2.05) is 47.4 Å². The number of anilines is 1. The van der Waals surface area contributed by atoms with Crippen molar-refractivity contribution in [2.45, 2.75) is 31.1 Å².